The van der Waals surface area contributed by atoms with Gasteiger partial charge in [-0.3, -0.25) is 0 Å². The molecule has 0 aliphatic heterocycles. The number of nitrogens with zero attached hydrogens (tertiary/aromatic N) is 1. The van der Waals surface area contributed by atoms with Crippen molar-refractivity contribution in [3.05, 3.63) is 15.6 Å². The molecule has 1 saturated carbocycles. The standard InChI is InChI=1S/C17H28N2S/c1-2-13-18-17(11-7-3-4-8-12-17)16-19-14-9-5-6-10-15(14)20-16/h18H,2-13H2,1H3. The summed E-state index contributed by atoms with van der Waals surface area (Å²) in [4.78, 5) is 6.69. The van der Waals surface area contributed by atoms with Gasteiger partial charge in [-0.05, 0) is 51.5 Å². The van der Waals surface area contributed by atoms with Crippen LogP contribution in [0, 0.1) is 0 Å². The minimum Gasteiger partial charge on any atom is -0.305 e. The van der Waals surface area contributed by atoms with Crippen LogP contribution < -0.4 is 5.32 Å². The molecule has 2 aliphatic carbocycles. The molecule has 0 radical (unpaired) electrons. The van der Waals surface area contributed by atoms with Crippen LogP contribution in [0.15, 0.2) is 0 Å². The fourth-order valence-corrected chi connectivity index (χ4v) is 5.09. The van der Waals surface area contributed by atoms with E-state index in [1.165, 1.54) is 81.3 Å². The summed E-state index contributed by atoms with van der Waals surface area (Å²) < 4.78 is 0. The summed E-state index contributed by atoms with van der Waals surface area (Å²) >= 11 is 2.03. The molecule has 112 valence electrons. The molecule has 3 heteroatoms. The number of nitrogens with one attached hydrogen (secondary N) is 1. The van der Waals surface area contributed by atoms with E-state index in [0.717, 1.165) is 6.54 Å². The summed E-state index contributed by atoms with van der Waals surface area (Å²) in [5.74, 6) is 0. The highest BCUT2D eigenvalue weighted by molar-refractivity contribution is 7.11. The van der Waals surface area contributed by atoms with Crippen molar-refractivity contribution in [2.75, 3.05) is 6.54 Å². The molecule has 0 atom stereocenters. The third kappa shape index (κ3) is 2.94. The van der Waals surface area contributed by atoms with Gasteiger partial charge in [-0.25, -0.2) is 4.98 Å². The van der Waals surface area contributed by atoms with Crippen molar-refractivity contribution in [3.8, 4) is 0 Å². The van der Waals surface area contributed by atoms with Crippen LogP contribution in [0.1, 0.15) is 80.3 Å². The number of aryl methyl sites for hydroxylation is 2. The minimum absolute atomic E-state index is 0.203. The van der Waals surface area contributed by atoms with Crippen LogP contribution in [0.2, 0.25) is 0 Å². The second-order valence-electron chi connectivity index (χ2n) is 6.52. The summed E-state index contributed by atoms with van der Waals surface area (Å²) in [5, 5.41) is 5.31. The quantitative estimate of drug-likeness (QED) is 0.822. The van der Waals surface area contributed by atoms with Crippen LogP contribution in [0.3, 0.4) is 0 Å². The molecule has 3 rings (SSSR count). The first-order valence-electron chi connectivity index (χ1n) is 8.58. The predicted molar refractivity (Wildman–Crippen MR) is 86.4 cm³/mol. The van der Waals surface area contributed by atoms with Crippen LogP contribution in [-0.2, 0) is 18.4 Å². The van der Waals surface area contributed by atoms with Crippen LogP contribution in [0.5, 0.6) is 0 Å². The zero-order valence-electron chi connectivity index (χ0n) is 12.8. The Kier molecular flexibility index (Phi) is 4.77. The Morgan fingerprint density at radius 1 is 1.05 bits per heavy atom. The van der Waals surface area contributed by atoms with Crippen molar-refractivity contribution in [1.29, 1.82) is 0 Å². The summed E-state index contributed by atoms with van der Waals surface area (Å²) in [7, 11) is 0. The van der Waals surface area contributed by atoms with Crippen molar-refractivity contribution < 1.29 is 0 Å². The molecule has 1 heterocycles. The van der Waals surface area contributed by atoms with Crippen molar-refractivity contribution in [1.82, 2.24) is 10.3 Å². The number of hydrogen-bond donors (Lipinski definition) is 1. The summed E-state index contributed by atoms with van der Waals surface area (Å²) in [5.41, 5.74) is 1.63. The van der Waals surface area contributed by atoms with E-state index in [-0.39, 0.29) is 5.54 Å². The van der Waals surface area contributed by atoms with E-state index in [2.05, 4.69) is 12.2 Å². The first-order chi connectivity index (χ1) is 9.84. The van der Waals surface area contributed by atoms with Crippen molar-refractivity contribution >= 4 is 11.3 Å². The third-order valence-electron chi connectivity index (χ3n) is 4.93. The highest BCUT2D eigenvalue weighted by atomic mass is 32.1. The van der Waals surface area contributed by atoms with Gasteiger partial charge in [0.2, 0.25) is 0 Å². The Morgan fingerprint density at radius 3 is 2.50 bits per heavy atom. The molecule has 0 spiro atoms. The van der Waals surface area contributed by atoms with E-state index < -0.39 is 0 Å². The van der Waals surface area contributed by atoms with Crippen molar-refractivity contribution in [3.63, 3.8) is 0 Å². The fourth-order valence-electron chi connectivity index (χ4n) is 3.72. The Morgan fingerprint density at radius 2 is 1.80 bits per heavy atom. The highest BCUT2D eigenvalue weighted by Crippen LogP contribution is 2.40. The lowest BCUT2D eigenvalue weighted by molar-refractivity contribution is 0.289. The second kappa shape index (κ2) is 6.57. The van der Waals surface area contributed by atoms with Gasteiger partial charge in [0.1, 0.15) is 5.01 Å². The van der Waals surface area contributed by atoms with Gasteiger partial charge in [0, 0.05) is 4.88 Å². The maximum absolute atomic E-state index is 5.10. The molecule has 1 aromatic rings. The van der Waals surface area contributed by atoms with E-state index in [1.807, 2.05) is 11.3 Å². The summed E-state index contributed by atoms with van der Waals surface area (Å²) in [6.45, 7) is 3.40. The average Bonchev–Trinajstić information content (AvgIpc) is 2.78. The Labute approximate surface area is 127 Å². The number of hydrogen-bond acceptors (Lipinski definition) is 3. The molecule has 2 nitrogen and oxygen atoms in total. The molecule has 20 heavy (non-hydrogen) atoms. The zero-order valence-corrected chi connectivity index (χ0v) is 13.7. The predicted octanol–water partition coefficient (Wildman–Crippen LogP) is 4.57. The lowest BCUT2D eigenvalue weighted by Crippen LogP contribution is -2.42. The first kappa shape index (κ1) is 14.5. The molecule has 0 amide bonds. The topological polar surface area (TPSA) is 24.9 Å². The van der Waals surface area contributed by atoms with Gasteiger partial charge < -0.3 is 5.32 Å². The molecule has 2 aliphatic rings. The van der Waals surface area contributed by atoms with Gasteiger partial charge in [0.15, 0.2) is 0 Å². The van der Waals surface area contributed by atoms with Crippen molar-refractivity contribution in [2.45, 2.75) is 83.1 Å². The molecule has 1 fully saturated rings. The number of fused-ring (bicyclic) bond motifs is 1. The van der Waals surface area contributed by atoms with Crippen LogP contribution in [-0.4, -0.2) is 11.5 Å². The highest BCUT2D eigenvalue weighted by Gasteiger charge is 2.36. The minimum atomic E-state index is 0.203. The maximum atomic E-state index is 5.10. The Bertz CT molecular complexity index is 407. The number of aromatic nitrogens is 1. The Hall–Kier alpha value is -0.410. The van der Waals surface area contributed by atoms with E-state index in [1.54, 1.807) is 4.88 Å². The van der Waals surface area contributed by atoms with Gasteiger partial charge in [0.25, 0.3) is 0 Å². The smallest absolute Gasteiger partial charge is 0.113 e. The molecular formula is C17H28N2S. The molecule has 0 saturated heterocycles. The van der Waals surface area contributed by atoms with Gasteiger partial charge in [0.05, 0.1) is 11.2 Å². The number of rotatable bonds is 4. The third-order valence-corrected chi connectivity index (χ3v) is 6.29. The SMILES string of the molecule is CCCNC1(c2nc3c(s2)CCCC3)CCCCCC1. The van der Waals surface area contributed by atoms with E-state index in [4.69, 9.17) is 4.98 Å². The molecule has 1 N–H and O–H groups in total. The van der Waals surface area contributed by atoms with Gasteiger partial charge in [-0.15, -0.1) is 11.3 Å². The Balaban J connectivity index is 1.88. The number of thiazole rings is 1. The second-order valence-corrected chi connectivity index (χ2v) is 7.60. The maximum Gasteiger partial charge on any atom is 0.113 e. The lowest BCUT2D eigenvalue weighted by Gasteiger charge is -2.32. The molecule has 0 aromatic carbocycles. The first-order valence-corrected chi connectivity index (χ1v) is 9.40. The summed E-state index contributed by atoms with van der Waals surface area (Å²) in [6.07, 6.45) is 14.5. The molecule has 0 bridgehead atoms. The van der Waals surface area contributed by atoms with E-state index in [9.17, 15) is 0 Å². The monoisotopic (exact) mass is 292 g/mol. The summed E-state index contributed by atoms with van der Waals surface area (Å²) in [6, 6.07) is 0. The fraction of sp³-hybridized carbons (Fsp3) is 0.824. The normalized spacial score (nSPS) is 22.2. The molecule has 1 aromatic heterocycles. The van der Waals surface area contributed by atoms with Crippen molar-refractivity contribution in [2.24, 2.45) is 0 Å². The van der Waals surface area contributed by atoms with Gasteiger partial charge in [-0.1, -0.05) is 32.6 Å². The van der Waals surface area contributed by atoms with Crippen LogP contribution in [0.4, 0.5) is 0 Å². The average molecular weight is 292 g/mol. The van der Waals surface area contributed by atoms with E-state index >= 15 is 0 Å². The zero-order chi connectivity index (χ0) is 13.8. The molecule has 0 unspecified atom stereocenters. The van der Waals surface area contributed by atoms with Gasteiger partial charge in [-0.2, -0.15) is 0 Å². The van der Waals surface area contributed by atoms with Gasteiger partial charge >= 0.3 is 0 Å². The van der Waals surface area contributed by atoms with Crippen LogP contribution in [0.25, 0.3) is 0 Å². The lowest BCUT2D eigenvalue weighted by atomic mass is 9.90. The molecular weight excluding hydrogens is 264 g/mol. The van der Waals surface area contributed by atoms with E-state index in [0.29, 0.717) is 0 Å². The van der Waals surface area contributed by atoms with Crippen LogP contribution >= 0.6 is 11.3 Å². The largest absolute Gasteiger partial charge is 0.305 e.